The number of halogens is 1. The van der Waals surface area contributed by atoms with Crippen LogP contribution in [0.5, 0.6) is 0 Å². The molecule has 3 rings (SSSR count). The van der Waals surface area contributed by atoms with E-state index in [9.17, 15) is 14.0 Å². The molecule has 0 fully saturated rings. The van der Waals surface area contributed by atoms with Crippen molar-refractivity contribution in [2.24, 2.45) is 4.99 Å². The van der Waals surface area contributed by atoms with Gasteiger partial charge >= 0.3 is 11.9 Å². The lowest BCUT2D eigenvalue weighted by Gasteiger charge is -2.01. The number of ether oxygens (including phenoxy) is 2. The van der Waals surface area contributed by atoms with Crippen LogP contribution in [0, 0.1) is 5.82 Å². The Labute approximate surface area is 143 Å². The molecule has 0 N–H and O–H groups in total. The standard InChI is InChI=1S/C19H14FNO4/c1-2-24-18(22)13-8-6-12(7-9-13)10-16-19(23)25-17(21-16)14-4-3-5-15(20)11-14/h3-11H,2H2,1H3/b16-10-. The molecule has 1 heterocycles. The molecular formula is C19H14FNO4. The zero-order chi connectivity index (χ0) is 17.8. The smallest absolute Gasteiger partial charge is 0.363 e. The van der Waals surface area contributed by atoms with Gasteiger partial charge in [-0.25, -0.2) is 19.0 Å². The predicted octanol–water partition coefficient (Wildman–Crippen LogP) is 3.35. The summed E-state index contributed by atoms with van der Waals surface area (Å²) in [7, 11) is 0. The Kier molecular flexibility index (Phi) is 4.70. The van der Waals surface area contributed by atoms with Crippen molar-refractivity contribution in [2.75, 3.05) is 6.61 Å². The summed E-state index contributed by atoms with van der Waals surface area (Å²) in [5.74, 6) is -1.41. The van der Waals surface area contributed by atoms with E-state index in [4.69, 9.17) is 9.47 Å². The molecule has 0 bridgehead atoms. The lowest BCUT2D eigenvalue weighted by atomic mass is 10.1. The summed E-state index contributed by atoms with van der Waals surface area (Å²) in [6.45, 7) is 2.03. The first-order valence-corrected chi connectivity index (χ1v) is 7.62. The van der Waals surface area contributed by atoms with E-state index in [2.05, 4.69) is 4.99 Å². The van der Waals surface area contributed by atoms with Gasteiger partial charge in [-0.2, -0.15) is 0 Å². The van der Waals surface area contributed by atoms with E-state index in [-0.39, 0.29) is 11.6 Å². The summed E-state index contributed by atoms with van der Waals surface area (Å²) in [5.41, 5.74) is 1.57. The maximum atomic E-state index is 13.3. The second-order valence-electron chi connectivity index (χ2n) is 5.19. The Bertz CT molecular complexity index is 885. The number of aliphatic imine (C=N–C) groups is 1. The number of carbonyl (C=O) groups excluding carboxylic acids is 2. The van der Waals surface area contributed by atoms with Crippen molar-refractivity contribution in [1.29, 1.82) is 0 Å². The highest BCUT2D eigenvalue weighted by Gasteiger charge is 2.24. The minimum Gasteiger partial charge on any atom is -0.462 e. The van der Waals surface area contributed by atoms with Gasteiger partial charge < -0.3 is 9.47 Å². The third kappa shape index (κ3) is 3.80. The van der Waals surface area contributed by atoms with Gasteiger partial charge in [0.15, 0.2) is 5.70 Å². The number of carbonyl (C=O) groups is 2. The van der Waals surface area contributed by atoms with Crippen molar-refractivity contribution in [2.45, 2.75) is 6.92 Å². The molecule has 0 atom stereocenters. The summed E-state index contributed by atoms with van der Waals surface area (Å²) >= 11 is 0. The van der Waals surface area contributed by atoms with E-state index in [1.54, 1.807) is 37.3 Å². The summed E-state index contributed by atoms with van der Waals surface area (Å²) < 4.78 is 23.3. The van der Waals surface area contributed by atoms with Crippen LogP contribution in [-0.4, -0.2) is 24.4 Å². The van der Waals surface area contributed by atoms with E-state index in [0.29, 0.717) is 23.3 Å². The number of hydrogen-bond donors (Lipinski definition) is 0. The topological polar surface area (TPSA) is 65.0 Å². The monoisotopic (exact) mass is 339 g/mol. The summed E-state index contributed by atoms with van der Waals surface area (Å²) in [5, 5.41) is 0. The zero-order valence-corrected chi connectivity index (χ0v) is 13.4. The number of rotatable bonds is 4. The third-order valence-electron chi connectivity index (χ3n) is 3.42. The first-order valence-electron chi connectivity index (χ1n) is 7.62. The lowest BCUT2D eigenvalue weighted by molar-refractivity contribution is -0.129. The predicted molar refractivity (Wildman–Crippen MR) is 89.4 cm³/mol. The van der Waals surface area contributed by atoms with E-state index < -0.39 is 17.8 Å². The van der Waals surface area contributed by atoms with Crippen molar-refractivity contribution in [3.8, 4) is 0 Å². The van der Waals surface area contributed by atoms with E-state index in [0.717, 1.165) is 0 Å². The number of esters is 2. The van der Waals surface area contributed by atoms with E-state index in [1.165, 1.54) is 24.3 Å². The number of nitrogens with zero attached hydrogens (tertiary/aromatic N) is 1. The van der Waals surface area contributed by atoms with Gasteiger partial charge in [0.25, 0.3) is 0 Å². The summed E-state index contributed by atoms with van der Waals surface area (Å²) in [6, 6.07) is 12.2. The van der Waals surface area contributed by atoms with Crippen LogP contribution < -0.4 is 0 Å². The highest BCUT2D eigenvalue weighted by Crippen LogP contribution is 2.20. The van der Waals surface area contributed by atoms with Crippen molar-refractivity contribution < 1.29 is 23.5 Å². The molecule has 2 aromatic rings. The van der Waals surface area contributed by atoms with Gasteiger partial charge in [-0.15, -0.1) is 0 Å². The van der Waals surface area contributed by atoms with E-state index >= 15 is 0 Å². The maximum Gasteiger partial charge on any atom is 0.363 e. The Hall–Kier alpha value is -3.28. The van der Waals surface area contributed by atoms with Crippen molar-refractivity contribution in [3.63, 3.8) is 0 Å². The molecule has 0 unspecified atom stereocenters. The summed E-state index contributed by atoms with van der Waals surface area (Å²) in [4.78, 5) is 27.7. The Morgan fingerprint density at radius 2 is 2.00 bits per heavy atom. The number of cyclic esters (lactones) is 1. The molecule has 1 aliphatic heterocycles. The Morgan fingerprint density at radius 1 is 1.24 bits per heavy atom. The average molecular weight is 339 g/mol. The molecule has 0 amide bonds. The molecule has 6 heteroatoms. The highest BCUT2D eigenvalue weighted by molar-refractivity contribution is 6.12. The molecule has 126 valence electrons. The minimum absolute atomic E-state index is 0.0545. The van der Waals surface area contributed by atoms with Crippen LogP contribution in [0.25, 0.3) is 6.08 Å². The van der Waals surface area contributed by atoms with Crippen molar-refractivity contribution in [3.05, 3.63) is 76.7 Å². The first-order chi connectivity index (χ1) is 12.1. The first kappa shape index (κ1) is 16.6. The molecule has 0 spiro atoms. The van der Waals surface area contributed by atoms with Crippen molar-refractivity contribution >= 4 is 23.9 Å². The second-order valence-corrected chi connectivity index (χ2v) is 5.19. The fourth-order valence-electron chi connectivity index (χ4n) is 2.24. The fraction of sp³-hybridized carbons (Fsp3) is 0.105. The van der Waals surface area contributed by atoms with Crippen molar-refractivity contribution in [1.82, 2.24) is 0 Å². The molecule has 0 saturated carbocycles. The second kappa shape index (κ2) is 7.09. The van der Waals surface area contributed by atoms with Gasteiger partial charge in [0.2, 0.25) is 5.90 Å². The van der Waals surface area contributed by atoms with Crippen LogP contribution in [0.3, 0.4) is 0 Å². The molecule has 25 heavy (non-hydrogen) atoms. The van der Waals surface area contributed by atoms with Crippen LogP contribution in [0.2, 0.25) is 0 Å². The van der Waals surface area contributed by atoms with Crippen LogP contribution in [0.1, 0.15) is 28.4 Å². The van der Waals surface area contributed by atoms with Gasteiger partial charge in [0.1, 0.15) is 5.82 Å². The molecule has 5 nitrogen and oxygen atoms in total. The minimum atomic E-state index is -0.617. The van der Waals surface area contributed by atoms with Gasteiger partial charge in [-0.1, -0.05) is 18.2 Å². The Morgan fingerprint density at radius 3 is 2.68 bits per heavy atom. The zero-order valence-electron chi connectivity index (χ0n) is 13.4. The molecule has 1 aliphatic rings. The Balaban J connectivity index is 1.83. The summed E-state index contributed by atoms with van der Waals surface area (Å²) in [6.07, 6.45) is 1.53. The third-order valence-corrected chi connectivity index (χ3v) is 3.42. The highest BCUT2D eigenvalue weighted by atomic mass is 19.1. The quantitative estimate of drug-likeness (QED) is 0.633. The van der Waals surface area contributed by atoms with Gasteiger partial charge in [0.05, 0.1) is 12.2 Å². The molecule has 0 saturated heterocycles. The maximum absolute atomic E-state index is 13.3. The van der Waals surface area contributed by atoms with Crippen LogP contribution in [-0.2, 0) is 14.3 Å². The van der Waals surface area contributed by atoms with Crippen LogP contribution in [0.15, 0.2) is 59.2 Å². The molecule has 2 aromatic carbocycles. The molecular weight excluding hydrogens is 325 g/mol. The largest absolute Gasteiger partial charge is 0.462 e. The SMILES string of the molecule is CCOC(=O)c1ccc(/C=C2\N=C(c3cccc(F)c3)OC2=O)cc1. The number of hydrogen-bond acceptors (Lipinski definition) is 5. The van der Waals surface area contributed by atoms with Crippen LogP contribution in [0.4, 0.5) is 4.39 Å². The normalized spacial score (nSPS) is 15.0. The number of benzene rings is 2. The van der Waals surface area contributed by atoms with E-state index in [1.807, 2.05) is 0 Å². The fourth-order valence-corrected chi connectivity index (χ4v) is 2.24. The van der Waals surface area contributed by atoms with Gasteiger partial charge in [0, 0.05) is 5.56 Å². The molecule has 0 aliphatic carbocycles. The molecule has 0 radical (unpaired) electrons. The lowest BCUT2D eigenvalue weighted by Crippen LogP contribution is -2.05. The van der Waals surface area contributed by atoms with Crippen LogP contribution >= 0.6 is 0 Å². The van der Waals surface area contributed by atoms with Gasteiger partial charge in [-0.3, -0.25) is 0 Å². The average Bonchev–Trinajstić information content (AvgIpc) is 2.96. The molecule has 0 aromatic heterocycles. The van der Waals surface area contributed by atoms with Gasteiger partial charge in [-0.05, 0) is 48.9 Å².